The Hall–Kier alpha value is -0.870. The van der Waals surface area contributed by atoms with Gasteiger partial charge in [0.25, 0.3) is 0 Å². The molecule has 1 aromatic heterocycles. The van der Waals surface area contributed by atoms with Crippen molar-refractivity contribution in [3.05, 3.63) is 18.0 Å². The van der Waals surface area contributed by atoms with Crippen molar-refractivity contribution in [2.75, 3.05) is 27.2 Å². The fourth-order valence-corrected chi connectivity index (χ4v) is 1.60. The number of hydrogen-bond acceptors (Lipinski definition) is 3. The number of rotatable bonds is 5. The Morgan fingerprint density at radius 2 is 2.29 bits per heavy atom. The standard InChI is InChI=1S/C10H20N4/c1-5-11-9(8-13(2)3)10-6-7-12-14(10)4/h6-7,9,11H,5,8H2,1-4H3. The first kappa shape index (κ1) is 11.2. The summed E-state index contributed by atoms with van der Waals surface area (Å²) in [6, 6.07) is 2.43. The Kier molecular flexibility index (Phi) is 4.10. The van der Waals surface area contributed by atoms with E-state index < -0.39 is 0 Å². The van der Waals surface area contributed by atoms with Crippen LogP contribution in [0.5, 0.6) is 0 Å². The SMILES string of the molecule is CCNC(CN(C)C)c1ccnn1C. The molecule has 80 valence electrons. The summed E-state index contributed by atoms with van der Waals surface area (Å²) >= 11 is 0. The second-order valence-corrected chi connectivity index (χ2v) is 3.75. The minimum atomic E-state index is 0.363. The molecule has 0 bridgehead atoms. The van der Waals surface area contributed by atoms with E-state index in [0.29, 0.717) is 6.04 Å². The number of nitrogens with zero attached hydrogens (tertiary/aromatic N) is 3. The maximum atomic E-state index is 4.19. The summed E-state index contributed by atoms with van der Waals surface area (Å²) in [5.74, 6) is 0. The number of aromatic nitrogens is 2. The van der Waals surface area contributed by atoms with Crippen LogP contribution in [0.4, 0.5) is 0 Å². The first-order valence-electron chi connectivity index (χ1n) is 5.01. The molecule has 1 atom stereocenters. The highest BCUT2D eigenvalue weighted by atomic mass is 15.3. The average molecular weight is 196 g/mol. The lowest BCUT2D eigenvalue weighted by atomic mass is 10.2. The van der Waals surface area contributed by atoms with E-state index in [9.17, 15) is 0 Å². The van der Waals surface area contributed by atoms with Crippen molar-refractivity contribution < 1.29 is 0 Å². The molecule has 1 N–H and O–H groups in total. The van der Waals surface area contributed by atoms with E-state index in [1.807, 2.05) is 17.9 Å². The molecule has 0 aliphatic heterocycles. The van der Waals surface area contributed by atoms with E-state index in [1.165, 1.54) is 5.69 Å². The molecule has 1 heterocycles. The molecule has 0 fully saturated rings. The highest BCUT2D eigenvalue weighted by Gasteiger charge is 2.13. The third-order valence-corrected chi connectivity index (χ3v) is 2.21. The van der Waals surface area contributed by atoms with Gasteiger partial charge in [0.2, 0.25) is 0 Å². The fourth-order valence-electron chi connectivity index (χ4n) is 1.60. The molecule has 4 nitrogen and oxygen atoms in total. The minimum absolute atomic E-state index is 0.363. The van der Waals surface area contributed by atoms with Crippen LogP contribution in [-0.4, -0.2) is 41.9 Å². The molecule has 0 spiro atoms. The highest BCUT2D eigenvalue weighted by molar-refractivity contribution is 5.07. The average Bonchev–Trinajstić information content (AvgIpc) is 2.50. The molecule has 0 saturated heterocycles. The summed E-state index contributed by atoms with van der Waals surface area (Å²) in [5, 5.41) is 7.64. The largest absolute Gasteiger partial charge is 0.308 e. The highest BCUT2D eigenvalue weighted by Crippen LogP contribution is 2.11. The molecule has 0 amide bonds. The van der Waals surface area contributed by atoms with Crippen LogP contribution in [0.25, 0.3) is 0 Å². The zero-order valence-corrected chi connectivity index (χ0v) is 9.49. The van der Waals surface area contributed by atoms with Crippen molar-refractivity contribution in [2.45, 2.75) is 13.0 Å². The summed E-state index contributed by atoms with van der Waals surface area (Å²) in [4.78, 5) is 2.18. The van der Waals surface area contributed by atoms with Gasteiger partial charge in [-0.2, -0.15) is 5.10 Å². The van der Waals surface area contributed by atoms with E-state index in [-0.39, 0.29) is 0 Å². The van der Waals surface area contributed by atoms with Gasteiger partial charge in [-0.3, -0.25) is 4.68 Å². The molecule has 14 heavy (non-hydrogen) atoms. The first-order valence-corrected chi connectivity index (χ1v) is 5.01. The number of hydrogen-bond donors (Lipinski definition) is 1. The van der Waals surface area contributed by atoms with Crippen LogP contribution in [0, 0.1) is 0 Å². The Balaban J connectivity index is 2.72. The second-order valence-electron chi connectivity index (χ2n) is 3.75. The van der Waals surface area contributed by atoms with Gasteiger partial charge in [-0.25, -0.2) is 0 Å². The molecule has 4 heteroatoms. The van der Waals surface area contributed by atoms with Gasteiger partial charge in [-0.05, 0) is 26.7 Å². The van der Waals surface area contributed by atoms with Crippen LogP contribution in [0.2, 0.25) is 0 Å². The molecule has 1 rings (SSSR count). The van der Waals surface area contributed by atoms with Crippen LogP contribution in [0.1, 0.15) is 18.7 Å². The number of likely N-dealkylation sites (N-methyl/N-ethyl adjacent to an activating group) is 2. The van der Waals surface area contributed by atoms with Gasteiger partial charge in [-0.1, -0.05) is 6.92 Å². The Morgan fingerprint density at radius 3 is 2.71 bits per heavy atom. The van der Waals surface area contributed by atoms with E-state index in [4.69, 9.17) is 0 Å². The lowest BCUT2D eigenvalue weighted by molar-refractivity contribution is 0.335. The summed E-state index contributed by atoms with van der Waals surface area (Å²) in [6.45, 7) is 4.09. The van der Waals surface area contributed by atoms with E-state index >= 15 is 0 Å². The molecule has 0 saturated carbocycles. The third kappa shape index (κ3) is 2.82. The number of nitrogens with one attached hydrogen (secondary N) is 1. The summed E-state index contributed by atoms with van der Waals surface area (Å²) < 4.78 is 1.93. The molecule has 0 radical (unpaired) electrons. The van der Waals surface area contributed by atoms with Crippen LogP contribution < -0.4 is 5.32 Å². The van der Waals surface area contributed by atoms with Gasteiger partial charge in [0.05, 0.1) is 11.7 Å². The summed E-state index contributed by atoms with van der Waals surface area (Å²) in [7, 11) is 6.15. The fraction of sp³-hybridized carbons (Fsp3) is 0.700. The quantitative estimate of drug-likeness (QED) is 0.750. The monoisotopic (exact) mass is 196 g/mol. The first-order chi connectivity index (χ1) is 6.65. The topological polar surface area (TPSA) is 33.1 Å². The van der Waals surface area contributed by atoms with Crippen molar-refractivity contribution in [1.29, 1.82) is 0 Å². The Bertz CT molecular complexity index is 267. The number of aryl methyl sites for hydroxylation is 1. The molecular weight excluding hydrogens is 176 g/mol. The van der Waals surface area contributed by atoms with Crippen molar-refractivity contribution >= 4 is 0 Å². The van der Waals surface area contributed by atoms with Gasteiger partial charge in [0, 0.05) is 19.8 Å². The zero-order valence-electron chi connectivity index (χ0n) is 9.49. The molecule has 0 aromatic carbocycles. The van der Waals surface area contributed by atoms with Gasteiger partial charge < -0.3 is 10.2 Å². The lowest BCUT2D eigenvalue weighted by Gasteiger charge is -2.21. The van der Waals surface area contributed by atoms with Gasteiger partial charge in [0.1, 0.15) is 0 Å². The summed E-state index contributed by atoms with van der Waals surface area (Å²) in [6.07, 6.45) is 1.84. The lowest BCUT2D eigenvalue weighted by Crippen LogP contribution is -2.32. The van der Waals surface area contributed by atoms with Crippen molar-refractivity contribution in [3.8, 4) is 0 Å². The normalized spacial score (nSPS) is 13.5. The van der Waals surface area contributed by atoms with E-state index in [0.717, 1.165) is 13.1 Å². The third-order valence-electron chi connectivity index (χ3n) is 2.21. The predicted octanol–water partition coefficient (Wildman–Crippen LogP) is 0.632. The van der Waals surface area contributed by atoms with Gasteiger partial charge >= 0.3 is 0 Å². The molecular formula is C10H20N4. The molecule has 0 aliphatic carbocycles. The zero-order chi connectivity index (χ0) is 10.6. The Labute approximate surface area is 85.9 Å². The molecule has 1 aromatic rings. The second kappa shape index (κ2) is 5.12. The Morgan fingerprint density at radius 1 is 1.57 bits per heavy atom. The van der Waals surface area contributed by atoms with Crippen LogP contribution in [0.15, 0.2) is 12.3 Å². The van der Waals surface area contributed by atoms with E-state index in [2.05, 4.69) is 42.4 Å². The van der Waals surface area contributed by atoms with Gasteiger partial charge in [0.15, 0.2) is 0 Å². The molecule has 0 aliphatic rings. The minimum Gasteiger partial charge on any atom is -0.308 e. The maximum absolute atomic E-state index is 4.19. The molecule has 1 unspecified atom stereocenters. The van der Waals surface area contributed by atoms with Crippen LogP contribution in [-0.2, 0) is 7.05 Å². The van der Waals surface area contributed by atoms with E-state index in [1.54, 1.807) is 0 Å². The summed E-state index contributed by atoms with van der Waals surface area (Å²) in [5.41, 5.74) is 1.24. The van der Waals surface area contributed by atoms with Crippen LogP contribution in [0.3, 0.4) is 0 Å². The smallest absolute Gasteiger partial charge is 0.0620 e. The van der Waals surface area contributed by atoms with Crippen molar-refractivity contribution in [2.24, 2.45) is 7.05 Å². The maximum Gasteiger partial charge on any atom is 0.0620 e. The van der Waals surface area contributed by atoms with Crippen molar-refractivity contribution in [1.82, 2.24) is 20.0 Å². The van der Waals surface area contributed by atoms with Gasteiger partial charge in [-0.15, -0.1) is 0 Å². The van der Waals surface area contributed by atoms with Crippen molar-refractivity contribution in [3.63, 3.8) is 0 Å². The predicted molar refractivity (Wildman–Crippen MR) is 58.2 cm³/mol. The van der Waals surface area contributed by atoms with Crippen LogP contribution >= 0.6 is 0 Å².